The van der Waals surface area contributed by atoms with Gasteiger partial charge in [0.25, 0.3) is 5.91 Å². The van der Waals surface area contributed by atoms with Gasteiger partial charge in [0.05, 0.1) is 26.0 Å². The first-order chi connectivity index (χ1) is 14.2. The summed E-state index contributed by atoms with van der Waals surface area (Å²) in [4.78, 5) is 12.8. The molecule has 5 rings (SSSR count). The number of hydrogen-bond donors (Lipinski definition) is 1. The van der Waals surface area contributed by atoms with Crippen LogP contribution in [0, 0.1) is 0 Å². The van der Waals surface area contributed by atoms with E-state index in [0.717, 1.165) is 29.8 Å². The fourth-order valence-electron chi connectivity index (χ4n) is 4.05. The minimum absolute atomic E-state index is 0.136. The predicted molar refractivity (Wildman–Crippen MR) is 107 cm³/mol. The lowest BCUT2D eigenvalue weighted by Crippen LogP contribution is -2.24. The van der Waals surface area contributed by atoms with Crippen LogP contribution in [0.5, 0.6) is 5.75 Å². The Morgan fingerprint density at radius 1 is 1.17 bits per heavy atom. The van der Waals surface area contributed by atoms with Crippen LogP contribution in [-0.4, -0.2) is 28.0 Å². The second kappa shape index (κ2) is 7.33. The number of amides is 1. The van der Waals surface area contributed by atoms with Gasteiger partial charge < -0.3 is 14.8 Å². The summed E-state index contributed by atoms with van der Waals surface area (Å²) in [5, 5.41) is 11.3. The summed E-state index contributed by atoms with van der Waals surface area (Å²) in [6.07, 6.45) is 3.23. The van der Waals surface area contributed by atoms with E-state index in [9.17, 15) is 4.79 Å². The van der Waals surface area contributed by atoms with Crippen molar-refractivity contribution in [1.29, 1.82) is 0 Å². The Bertz CT molecular complexity index is 1060. The van der Waals surface area contributed by atoms with Crippen LogP contribution in [0.2, 0.25) is 0 Å². The summed E-state index contributed by atoms with van der Waals surface area (Å²) in [6.45, 7) is 0.803. The fraction of sp³-hybridized carbons (Fsp3) is 0.318. The molecular formula is C22H22N4O3. The van der Waals surface area contributed by atoms with Crippen LogP contribution < -0.4 is 10.1 Å². The van der Waals surface area contributed by atoms with Crippen molar-refractivity contribution in [2.45, 2.75) is 38.5 Å². The topological polar surface area (TPSA) is 78.3 Å². The number of aryl methyl sites for hydroxylation is 2. The molecular weight excluding hydrogens is 368 g/mol. The molecule has 1 N–H and O–H groups in total. The molecule has 7 nitrogen and oxygen atoms in total. The van der Waals surface area contributed by atoms with Gasteiger partial charge in [-0.1, -0.05) is 23.4 Å². The maximum atomic E-state index is 12.8. The van der Waals surface area contributed by atoms with E-state index in [0.29, 0.717) is 17.9 Å². The molecule has 1 aliphatic heterocycles. The first-order valence-corrected chi connectivity index (χ1v) is 9.82. The molecule has 2 aromatic carbocycles. The fourth-order valence-corrected chi connectivity index (χ4v) is 4.05. The molecule has 0 bridgehead atoms. The van der Waals surface area contributed by atoms with Crippen LogP contribution in [0.25, 0.3) is 0 Å². The third-order valence-corrected chi connectivity index (χ3v) is 5.66. The molecule has 3 aromatic rings. The number of aromatic nitrogens is 3. The number of hydrogen-bond acceptors (Lipinski definition) is 5. The first-order valence-electron chi connectivity index (χ1n) is 9.82. The van der Waals surface area contributed by atoms with Gasteiger partial charge in [0.15, 0.2) is 5.69 Å². The van der Waals surface area contributed by atoms with E-state index < -0.39 is 0 Å². The standard InChI is InChI=1S/C22H22N4O3/c1-28-18-9-6-15(7-10-18)20-12-26-19(13-29-20)21(24-25-26)22(27)23-17-8-5-14-3-2-4-16(14)11-17/h5-11,20H,2-4,12-13H2,1H3,(H,23,27)/t20-/m1/s1. The molecule has 0 radical (unpaired) electrons. The lowest BCUT2D eigenvalue weighted by atomic mass is 10.1. The molecule has 29 heavy (non-hydrogen) atoms. The maximum absolute atomic E-state index is 12.8. The number of nitrogens with zero attached hydrogens (tertiary/aromatic N) is 3. The highest BCUT2D eigenvalue weighted by Crippen LogP contribution is 2.29. The molecule has 0 saturated heterocycles. The number of benzene rings is 2. The summed E-state index contributed by atoms with van der Waals surface area (Å²) in [5.74, 6) is 0.548. The smallest absolute Gasteiger partial charge is 0.278 e. The molecule has 2 heterocycles. The maximum Gasteiger partial charge on any atom is 0.278 e. The van der Waals surface area contributed by atoms with E-state index in [1.807, 2.05) is 30.3 Å². The van der Waals surface area contributed by atoms with Crippen LogP contribution >= 0.6 is 0 Å². The van der Waals surface area contributed by atoms with Crippen molar-refractivity contribution in [3.63, 3.8) is 0 Å². The quantitative estimate of drug-likeness (QED) is 0.740. The number of rotatable bonds is 4. The van der Waals surface area contributed by atoms with Crippen LogP contribution in [0.3, 0.4) is 0 Å². The van der Waals surface area contributed by atoms with Crippen molar-refractivity contribution >= 4 is 11.6 Å². The van der Waals surface area contributed by atoms with E-state index in [1.54, 1.807) is 11.8 Å². The second-order valence-electron chi connectivity index (χ2n) is 7.43. The lowest BCUT2D eigenvalue weighted by molar-refractivity contribution is -0.00173. The summed E-state index contributed by atoms with van der Waals surface area (Å²) in [7, 11) is 1.64. The number of fused-ring (bicyclic) bond motifs is 2. The van der Waals surface area contributed by atoms with Crippen molar-refractivity contribution in [3.8, 4) is 5.75 Å². The van der Waals surface area contributed by atoms with Crippen LogP contribution in [0.15, 0.2) is 42.5 Å². The predicted octanol–water partition coefficient (Wildman–Crippen LogP) is 3.30. The van der Waals surface area contributed by atoms with Crippen molar-refractivity contribution in [3.05, 3.63) is 70.5 Å². The van der Waals surface area contributed by atoms with E-state index >= 15 is 0 Å². The third-order valence-electron chi connectivity index (χ3n) is 5.66. The Balaban J connectivity index is 1.31. The van der Waals surface area contributed by atoms with Crippen LogP contribution in [-0.2, 0) is 30.7 Å². The highest BCUT2D eigenvalue weighted by Gasteiger charge is 2.28. The van der Waals surface area contributed by atoms with Gasteiger partial charge in [0.1, 0.15) is 11.9 Å². The molecule has 0 fully saturated rings. The third kappa shape index (κ3) is 3.38. The zero-order valence-electron chi connectivity index (χ0n) is 16.2. The number of carbonyl (C=O) groups is 1. The number of nitrogens with one attached hydrogen (secondary N) is 1. The van der Waals surface area contributed by atoms with Gasteiger partial charge in [-0.05, 0) is 60.2 Å². The van der Waals surface area contributed by atoms with Gasteiger partial charge in [0.2, 0.25) is 0 Å². The summed E-state index contributed by atoms with van der Waals surface area (Å²) in [5.41, 5.74) is 5.55. The zero-order chi connectivity index (χ0) is 19.8. The number of carbonyl (C=O) groups excluding carboxylic acids is 1. The van der Waals surface area contributed by atoms with Crippen molar-refractivity contribution < 1.29 is 14.3 Å². The molecule has 0 unspecified atom stereocenters. The van der Waals surface area contributed by atoms with Gasteiger partial charge in [-0.3, -0.25) is 4.79 Å². The highest BCUT2D eigenvalue weighted by atomic mass is 16.5. The lowest BCUT2D eigenvalue weighted by Gasteiger charge is -2.24. The van der Waals surface area contributed by atoms with Gasteiger partial charge in [-0.25, -0.2) is 4.68 Å². The molecule has 0 saturated carbocycles. The van der Waals surface area contributed by atoms with Crippen molar-refractivity contribution in [2.24, 2.45) is 0 Å². The summed E-state index contributed by atoms with van der Waals surface area (Å²) < 4.78 is 13.0. The van der Waals surface area contributed by atoms with E-state index in [2.05, 4.69) is 27.8 Å². The van der Waals surface area contributed by atoms with Gasteiger partial charge >= 0.3 is 0 Å². The Morgan fingerprint density at radius 2 is 2.00 bits per heavy atom. The second-order valence-corrected chi connectivity index (χ2v) is 7.43. The minimum Gasteiger partial charge on any atom is -0.497 e. The minimum atomic E-state index is -0.254. The first kappa shape index (κ1) is 17.9. The van der Waals surface area contributed by atoms with Crippen LogP contribution in [0.4, 0.5) is 5.69 Å². The SMILES string of the molecule is COc1ccc([C@H]2Cn3nnc(C(=O)Nc4ccc5c(c4)CCC5)c3CO2)cc1. The summed E-state index contributed by atoms with van der Waals surface area (Å²) >= 11 is 0. The van der Waals surface area contributed by atoms with Crippen molar-refractivity contribution in [2.75, 3.05) is 12.4 Å². The Morgan fingerprint density at radius 3 is 2.83 bits per heavy atom. The Labute approximate surface area is 168 Å². The average Bonchev–Trinajstić information content (AvgIpc) is 3.39. The molecule has 2 aliphatic rings. The monoisotopic (exact) mass is 390 g/mol. The van der Waals surface area contributed by atoms with E-state index in [-0.39, 0.29) is 18.6 Å². The van der Waals surface area contributed by atoms with Gasteiger partial charge in [0, 0.05) is 5.69 Å². The highest BCUT2D eigenvalue weighted by molar-refractivity contribution is 6.03. The summed E-state index contributed by atoms with van der Waals surface area (Å²) in [6, 6.07) is 13.9. The molecule has 0 spiro atoms. The molecule has 148 valence electrons. The molecule has 1 amide bonds. The number of anilines is 1. The van der Waals surface area contributed by atoms with E-state index in [1.165, 1.54) is 17.5 Å². The van der Waals surface area contributed by atoms with E-state index in [4.69, 9.17) is 9.47 Å². The Kier molecular flexibility index (Phi) is 4.52. The number of methoxy groups -OCH3 is 1. The Hall–Kier alpha value is -3.19. The average molecular weight is 390 g/mol. The molecule has 1 aliphatic carbocycles. The zero-order valence-corrected chi connectivity index (χ0v) is 16.2. The van der Waals surface area contributed by atoms with Gasteiger partial charge in [-0.2, -0.15) is 0 Å². The molecule has 1 atom stereocenters. The normalized spacial score (nSPS) is 17.5. The molecule has 1 aromatic heterocycles. The van der Waals surface area contributed by atoms with Crippen LogP contribution in [0.1, 0.15) is 45.4 Å². The van der Waals surface area contributed by atoms with Crippen molar-refractivity contribution in [1.82, 2.24) is 15.0 Å². The largest absolute Gasteiger partial charge is 0.497 e. The molecule has 7 heteroatoms. The van der Waals surface area contributed by atoms with Gasteiger partial charge in [-0.15, -0.1) is 5.10 Å². The number of ether oxygens (including phenoxy) is 2.